The monoisotopic (exact) mass is 322 g/mol. The van der Waals surface area contributed by atoms with Crippen LogP contribution in [0.2, 0.25) is 0 Å². The van der Waals surface area contributed by atoms with E-state index in [1.54, 1.807) is 9.47 Å². The number of benzene rings is 1. The molecule has 2 unspecified atom stereocenters. The van der Waals surface area contributed by atoms with Gasteiger partial charge in [0, 0.05) is 12.1 Å². The standard InChI is InChI=1S/C9H11N2O7PS/c12-5-8(9(13)18-19)10-20(16,17)7-3-1-6(2-4-7)11(14)15/h1-4,8,10,12H,5,19H2. The van der Waals surface area contributed by atoms with Crippen LogP contribution in [0.5, 0.6) is 0 Å². The molecule has 2 atom stereocenters. The van der Waals surface area contributed by atoms with Crippen LogP contribution in [0.3, 0.4) is 0 Å². The third-order valence-corrected chi connectivity index (χ3v) is 3.96. The van der Waals surface area contributed by atoms with E-state index in [0.29, 0.717) is 0 Å². The van der Waals surface area contributed by atoms with E-state index in [2.05, 4.69) is 4.52 Å². The number of aliphatic hydroxyl groups is 1. The molecule has 0 heterocycles. The maximum absolute atomic E-state index is 11.9. The zero-order chi connectivity index (χ0) is 15.3. The molecule has 110 valence electrons. The minimum absolute atomic E-state index is 0.271. The van der Waals surface area contributed by atoms with E-state index in [4.69, 9.17) is 5.11 Å². The van der Waals surface area contributed by atoms with E-state index < -0.39 is 33.6 Å². The van der Waals surface area contributed by atoms with Gasteiger partial charge in [0.15, 0.2) is 0 Å². The van der Waals surface area contributed by atoms with Crippen LogP contribution in [-0.4, -0.2) is 37.1 Å². The number of nitrogens with one attached hydrogen (secondary N) is 1. The van der Waals surface area contributed by atoms with Gasteiger partial charge in [-0.05, 0) is 12.1 Å². The second kappa shape index (κ2) is 6.71. The fraction of sp³-hybridized carbons (Fsp3) is 0.222. The summed E-state index contributed by atoms with van der Waals surface area (Å²) in [6.45, 7) is -0.792. The van der Waals surface area contributed by atoms with Crippen molar-refractivity contribution in [1.82, 2.24) is 4.72 Å². The first-order chi connectivity index (χ1) is 9.31. The van der Waals surface area contributed by atoms with Gasteiger partial charge < -0.3 is 9.63 Å². The van der Waals surface area contributed by atoms with Crippen molar-refractivity contribution < 1.29 is 27.8 Å². The molecule has 11 heteroatoms. The van der Waals surface area contributed by atoms with Crippen molar-refractivity contribution in [3.8, 4) is 0 Å². The number of non-ortho nitro benzene ring substituents is 1. The molecule has 1 rings (SSSR count). The first-order valence-corrected chi connectivity index (χ1v) is 7.05. The Morgan fingerprint density at radius 3 is 2.40 bits per heavy atom. The molecule has 9 nitrogen and oxygen atoms in total. The van der Waals surface area contributed by atoms with Gasteiger partial charge in [-0.25, -0.2) is 8.42 Å². The predicted molar refractivity (Wildman–Crippen MR) is 70.1 cm³/mol. The number of sulfonamides is 1. The Morgan fingerprint density at radius 2 is 2.00 bits per heavy atom. The number of hydrogen-bond donors (Lipinski definition) is 2. The summed E-state index contributed by atoms with van der Waals surface area (Å²) in [4.78, 5) is 20.7. The number of nitro benzene ring substituents is 1. The molecule has 0 bridgehead atoms. The maximum atomic E-state index is 11.9. The molecule has 1 aromatic rings. The van der Waals surface area contributed by atoms with Gasteiger partial charge in [0.1, 0.15) is 6.04 Å². The quantitative estimate of drug-likeness (QED) is 0.412. The Balaban J connectivity index is 2.98. The molecule has 0 fully saturated rings. The third-order valence-electron chi connectivity index (χ3n) is 2.24. The van der Waals surface area contributed by atoms with E-state index in [1.807, 2.05) is 4.72 Å². The third kappa shape index (κ3) is 3.94. The summed E-state index contributed by atoms with van der Waals surface area (Å²) >= 11 is 0. The maximum Gasteiger partial charge on any atom is 0.328 e. The zero-order valence-corrected chi connectivity index (χ0v) is 11.9. The molecular weight excluding hydrogens is 311 g/mol. The van der Waals surface area contributed by atoms with E-state index >= 15 is 0 Å². The molecule has 0 saturated heterocycles. The second-order valence-electron chi connectivity index (χ2n) is 3.54. The Kier molecular flexibility index (Phi) is 5.52. The lowest BCUT2D eigenvalue weighted by Gasteiger charge is -2.13. The van der Waals surface area contributed by atoms with Crippen LogP contribution in [0.25, 0.3) is 0 Å². The topological polar surface area (TPSA) is 136 Å². The fourth-order valence-corrected chi connectivity index (χ4v) is 2.58. The Bertz CT molecular complexity index is 601. The van der Waals surface area contributed by atoms with E-state index in [1.165, 1.54) is 0 Å². The summed E-state index contributed by atoms with van der Waals surface area (Å²) in [7, 11) is -2.47. The van der Waals surface area contributed by atoms with Crippen molar-refractivity contribution >= 4 is 31.1 Å². The highest BCUT2D eigenvalue weighted by Gasteiger charge is 2.26. The van der Waals surface area contributed by atoms with Gasteiger partial charge in [-0.1, -0.05) is 0 Å². The van der Waals surface area contributed by atoms with Crippen molar-refractivity contribution in [3.05, 3.63) is 34.4 Å². The van der Waals surface area contributed by atoms with Crippen LogP contribution in [-0.2, 0) is 19.3 Å². The highest BCUT2D eigenvalue weighted by molar-refractivity contribution is 7.89. The first-order valence-electron chi connectivity index (χ1n) is 5.10. The van der Waals surface area contributed by atoms with Gasteiger partial charge in [-0.15, -0.1) is 0 Å². The molecule has 0 aliphatic heterocycles. The van der Waals surface area contributed by atoms with Crippen LogP contribution < -0.4 is 4.72 Å². The van der Waals surface area contributed by atoms with Crippen molar-refractivity contribution in [2.75, 3.05) is 6.61 Å². The van der Waals surface area contributed by atoms with Crippen molar-refractivity contribution in [1.29, 1.82) is 0 Å². The highest BCUT2D eigenvalue weighted by atomic mass is 32.2. The van der Waals surface area contributed by atoms with Crippen LogP contribution in [0.15, 0.2) is 29.2 Å². The summed E-state index contributed by atoms with van der Waals surface area (Å²) in [6, 6.07) is 2.59. The Labute approximate surface area is 116 Å². The van der Waals surface area contributed by atoms with E-state index in [9.17, 15) is 23.3 Å². The normalized spacial score (nSPS) is 12.7. The Hall–Kier alpha value is -1.61. The summed E-state index contributed by atoms with van der Waals surface area (Å²) < 4.78 is 30.0. The van der Waals surface area contributed by atoms with Gasteiger partial charge in [0.2, 0.25) is 10.0 Å². The van der Waals surface area contributed by atoms with E-state index in [-0.39, 0.29) is 10.6 Å². The molecule has 0 aliphatic carbocycles. The van der Waals surface area contributed by atoms with E-state index in [0.717, 1.165) is 24.3 Å². The lowest BCUT2D eigenvalue weighted by atomic mass is 10.3. The number of carbonyl (C=O) groups excluding carboxylic acids is 1. The molecule has 0 aromatic heterocycles. The van der Waals surface area contributed by atoms with Gasteiger partial charge in [-0.3, -0.25) is 14.9 Å². The number of nitrogens with zero attached hydrogens (tertiary/aromatic N) is 1. The SMILES string of the molecule is O=C(OP)C(CO)NS(=O)(=O)c1ccc([N+](=O)[O-])cc1. The predicted octanol–water partition coefficient (Wildman–Crippen LogP) is -0.433. The van der Waals surface area contributed by atoms with Crippen LogP contribution in [0.1, 0.15) is 0 Å². The van der Waals surface area contributed by atoms with Gasteiger partial charge in [0.25, 0.3) is 5.69 Å². The van der Waals surface area contributed by atoms with Crippen LogP contribution >= 0.6 is 9.47 Å². The van der Waals surface area contributed by atoms with Crippen LogP contribution in [0.4, 0.5) is 5.69 Å². The minimum atomic E-state index is -4.11. The molecule has 1 aromatic carbocycles. The molecule has 2 N–H and O–H groups in total. The summed E-state index contributed by atoms with van der Waals surface area (Å²) in [5.41, 5.74) is -0.271. The van der Waals surface area contributed by atoms with Gasteiger partial charge in [-0.2, -0.15) is 4.72 Å². The zero-order valence-electron chi connectivity index (χ0n) is 9.92. The van der Waals surface area contributed by atoms with Gasteiger partial charge >= 0.3 is 5.97 Å². The lowest BCUT2D eigenvalue weighted by Crippen LogP contribution is -2.43. The molecule has 0 saturated carbocycles. The first kappa shape index (κ1) is 16.4. The molecule has 0 spiro atoms. The molecular formula is C9H11N2O7PS. The highest BCUT2D eigenvalue weighted by Crippen LogP contribution is 2.16. The fourth-order valence-electron chi connectivity index (χ4n) is 1.24. The van der Waals surface area contributed by atoms with Crippen molar-refractivity contribution in [2.24, 2.45) is 0 Å². The van der Waals surface area contributed by atoms with Crippen molar-refractivity contribution in [2.45, 2.75) is 10.9 Å². The summed E-state index contributed by atoms with van der Waals surface area (Å²) in [5, 5.41) is 19.4. The second-order valence-corrected chi connectivity index (χ2v) is 5.49. The summed E-state index contributed by atoms with van der Waals surface area (Å²) in [6.07, 6.45) is 0. The van der Waals surface area contributed by atoms with Crippen LogP contribution in [0, 0.1) is 10.1 Å². The average molecular weight is 322 g/mol. The smallest absolute Gasteiger partial charge is 0.328 e. The average Bonchev–Trinajstić information content (AvgIpc) is 2.44. The Morgan fingerprint density at radius 1 is 1.45 bits per heavy atom. The largest absolute Gasteiger partial charge is 0.450 e. The number of nitro groups is 1. The number of carbonyl (C=O) groups is 1. The molecule has 20 heavy (non-hydrogen) atoms. The summed E-state index contributed by atoms with van der Waals surface area (Å²) in [5.74, 6) is -0.983. The molecule has 0 amide bonds. The van der Waals surface area contributed by atoms with Gasteiger partial charge in [0.05, 0.1) is 25.9 Å². The molecule has 0 radical (unpaired) electrons. The lowest BCUT2D eigenvalue weighted by molar-refractivity contribution is -0.384. The molecule has 0 aliphatic rings. The van der Waals surface area contributed by atoms with Crippen molar-refractivity contribution in [3.63, 3.8) is 0 Å². The number of aliphatic hydroxyl groups excluding tert-OH is 1. The number of hydrogen-bond acceptors (Lipinski definition) is 7. The number of rotatable bonds is 6. The minimum Gasteiger partial charge on any atom is -0.450 e.